The lowest BCUT2D eigenvalue weighted by atomic mass is 10.2. The van der Waals surface area contributed by atoms with Crippen molar-refractivity contribution in [3.63, 3.8) is 0 Å². The minimum Gasteiger partial charge on any atom is -0.478 e. The Morgan fingerprint density at radius 2 is 1.65 bits per heavy atom. The maximum absolute atomic E-state index is 11.1. The van der Waals surface area contributed by atoms with Crippen LogP contribution in [0.5, 0.6) is 11.5 Å². The first-order valence-electron chi connectivity index (χ1n) is 5.33. The standard InChI is InChI=1S/C13H8Cl3NO3/c14-8-4-10(16)12(5-9(8)15)20-11-3-6(17)1-2-7(11)13(18)19/h1-5H,17H2,(H,18,19). The fourth-order valence-electron chi connectivity index (χ4n) is 1.50. The summed E-state index contributed by atoms with van der Waals surface area (Å²) in [6.07, 6.45) is 0. The number of carbonyl (C=O) groups is 1. The van der Waals surface area contributed by atoms with Gasteiger partial charge >= 0.3 is 5.97 Å². The summed E-state index contributed by atoms with van der Waals surface area (Å²) in [6.45, 7) is 0. The molecule has 2 aromatic carbocycles. The highest BCUT2D eigenvalue weighted by Crippen LogP contribution is 2.37. The van der Waals surface area contributed by atoms with Crippen molar-refractivity contribution in [1.82, 2.24) is 0 Å². The fraction of sp³-hybridized carbons (Fsp3) is 0. The van der Waals surface area contributed by atoms with Gasteiger partial charge in [0.25, 0.3) is 0 Å². The molecule has 20 heavy (non-hydrogen) atoms. The van der Waals surface area contributed by atoms with Gasteiger partial charge < -0.3 is 15.6 Å². The lowest BCUT2D eigenvalue weighted by Crippen LogP contribution is -2.01. The van der Waals surface area contributed by atoms with E-state index in [1.165, 1.54) is 30.3 Å². The summed E-state index contributed by atoms with van der Waals surface area (Å²) in [4.78, 5) is 11.1. The molecular weight excluding hydrogens is 325 g/mol. The molecule has 3 N–H and O–H groups in total. The van der Waals surface area contributed by atoms with Gasteiger partial charge in [0.2, 0.25) is 0 Å². The summed E-state index contributed by atoms with van der Waals surface area (Å²) >= 11 is 17.7. The Balaban J connectivity index is 2.47. The molecular formula is C13H8Cl3NO3. The molecule has 104 valence electrons. The smallest absolute Gasteiger partial charge is 0.339 e. The highest BCUT2D eigenvalue weighted by molar-refractivity contribution is 6.43. The number of carboxylic acid groups (broad SMARTS) is 1. The number of nitrogens with two attached hydrogens (primary N) is 1. The Bertz CT molecular complexity index is 689. The summed E-state index contributed by atoms with van der Waals surface area (Å²) in [5, 5.41) is 9.82. The number of hydrogen-bond donors (Lipinski definition) is 2. The molecule has 0 atom stereocenters. The second kappa shape index (κ2) is 5.79. The van der Waals surface area contributed by atoms with E-state index in [0.29, 0.717) is 5.69 Å². The Morgan fingerprint density at radius 1 is 1.00 bits per heavy atom. The first-order valence-corrected chi connectivity index (χ1v) is 6.47. The quantitative estimate of drug-likeness (QED) is 0.630. The van der Waals surface area contributed by atoms with Gasteiger partial charge in [-0.15, -0.1) is 0 Å². The van der Waals surface area contributed by atoms with Crippen molar-refractivity contribution in [2.45, 2.75) is 0 Å². The van der Waals surface area contributed by atoms with Crippen LogP contribution in [0.3, 0.4) is 0 Å². The van der Waals surface area contributed by atoms with Crippen LogP contribution < -0.4 is 10.5 Å². The summed E-state index contributed by atoms with van der Waals surface area (Å²) < 4.78 is 5.48. The van der Waals surface area contributed by atoms with E-state index in [1.807, 2.05) is 0 Å². The number of aromatic carboxylic acids is 1. The number of carboxylic acids is 1. The predicted molar refractivity (Wildman–Crippen MR) is 79.4 cm³/mol. The van der Waals surface area contributed by atoms with Crippen molar-refractivity contribution >= 4 is 46.5 Å². The van der Waals surface area contributed by atoms with Gasteiger partial charge in [0.1, 0.15) is 17.1 Å². The molecule has 2 aromatic rings. The molecule has 0 fully saturated rings. The monoisotopic (exact) mass is 331 g/mol. The third-order valence-corrected chi connectivity index (χ3v) is 3.45. The number of hydrogen-bond acceptors (Lipinski definition) is 3. The molecule has 2 rings (SSSR count). The number of rotatable bonds is 3. The Morgan fingerprint density at radius 3 is 2.30 bits per heavy atom. The molecule has 0 amide bonds. The molecule has 7 heteroatoms. The van der Waals surface area contributed by atoms with Crippen molar-refractivity contribution in [3.8, 4) is 11.5 Å². The molecule has 0 saturated heterocycles. The van der Waals surface area contributed by atoms with Gasteiger partial charge in [0.05, 0.1) is 15.1 Å². The number of ether oxygens (including phenoxy) is 1. The van der Waals surface area contributed by atoms with E-state index in [4.69, 9.17) is 50.4 Å². The van der Waals surface area contributed by atoms with E-state index in [1.54, 1.807) is 0 Å². The van der Waals surface area contributed by atoms with Crippen LogP contribution in [0.15, 0.2) is 30.3 Å². The molecule has 0 saturated carbocycles. The molecule has 0 aliphatic rings. The molecule has 0 aromatic heterocycles. The largest absolute Gasteiger partial charge is 0.478 e. The third-order valence-electron chi connectivity index (χ3n) is 2.43. The fourth-order valence-corrected chi connectivity index (χ4v) is 2.08. The number of nitrogen functional groups attached to an aromatic ring is 1. The molecule has 0 aliphatic carbocycles. The van der Waals surface area contributed by atoms with E-state index in [-0.39, 0.29) is 32.1 Å². The van der Waals surface area contributed by atoms with Crippen molar-refractivity contribution < 1.29 is 14.6 Å². The average Bonchev–Trinajstić information content (AvgIpc) is 2.35. The molecule has 0 unspecified atom stereocenters. The first-order chi connectivity index (χ1) is 9.38. The lowest BCUT2D eigenvalue weighted by molar-refractivity contribution is 0.0694. The minimum atomic E-state index is -1.14. The van der Waals surface area contributed by atoms with Crippen LogP contribution >= 0.6 is 34.8 Å². The SMILES string of the molecule is Nc1ccc(C(=O)O)c(Oc2cc(Cl)c(Cl)cc2Cl)c1. The van der Waals surface area contributed by atoms with Crippen LogP contribution in [-0.2, 0) is 0 Å². The maximum atomic E-state index is 11.1. The van der Waals surface area contributed by atoms with Gasteiger partial charge in [0, 0.05) is 17.8 Å². The van der Waals surface area contributed by atoms with E-state index in [2.05, 4.69) is 0 Å². The zero-order valence-electron chi connectivity index (χ0n) is 9.86. The van der Waals surface area contributed by atoms with Crippen molar-refractivity contribution in [1.29, 1.82) is 0 Å². The van der Waals surface area contributed by atoms with Crippen molar-refractivity contribution in [2.75, 3.05) is 5.73 Å². The number of benzene rings is 2. The van der Waals surface area contributed by atoms with Crippen LogP contribution in [0, 0.1) is 0 Å². The summed E-state index contributed by atoms with van der Waals surface area (Å²) in [7, 11) is 0. The summed E-state index contributed by atoms with van der Waals surface area (Å²) in [5.74, 6) is -0.886. The number of halogens is 3. The second-order valence-corrected chi connectivity index (χ2v) is 5.08. The van der Waals surface area contributed by atoms with Crippen LogP contribution in [0.2, 0.25) is 15.1 Å². The average molecular weight is 333 g/mol. The lowest BCUT2D eigenvalue weighted by Gasteiger charge is -2.11. The van der Waals surface area contributed by atoms with E-state index in [9.17, 15) is 4.79 Å². The van der Waals surface area contributed by atoms with Crippen LogP contribution in [-0.4, -0.2) is 11.1 Å². The molecule has 0 radical (unpaired) electrons. The highest BCUT2D eigenvalue weighted by Gasteiger charge is 2.15. The Kier molecular flexibility index (Phi) is 4.28. The second-order valence-electron chi connectivity index (χ2n) is 3.86. The molecule has 0 heterocycles. The van der Waals surface area contributed by atoms with Gasteiger partial charge in [-0.1, -0.05) is 34.8 Å². The molecule has 0 spiro atoms. The third kappa shape index (κ3) is 3.10. The topological polar surface area (TPSA) is 72.6 Å². The predicted octanol–water partition coefficient (Wildman–Crippen LogP) is 4.72. The van der Waals surface area contributed by atoms with Crippen LogP contribution in [0.4, 0.5) is 5.69 Å². The van der Waals surface area contributed by atoms with Gasteiger partial charge in [-0.25, -0.2) is 4.79 Å². The van der Waals surface area contributed by atoms with E-state index in [0.717, 1.165) is 0 Å². The first kappa shape index (κ1) is 14.8. The van der Waals surface area contributed by atoms with E-state index >= 15 is 0 Å². The summed E-state index contributed by atoms with van der Waals surface area (Å²) in [6, 6.07) is 7.02. The zero-order chi connectivity index (χ0) is 14.9. The van der Waals surface area contributed by atoms with E-state index < -0.39 is 5.97 Å². The van der Waals surface area contributed by atoms with Crippen molar-refractivity contribution in [2.24, 2.45) is 0 Å². The highest BCUT2D eigenvalue weighted by atomic mass is 35.5. The zero-order valence-corrected chi connectivity index (χ0v) is 12.1. The Labute approximate surface area is 129 Å². The normalized spacial score (nSPS) is 10.3. The van der Waals surface area contributed by atoms with Gasteiger partial charge in [-0.05, 0) is 18.2 Å². The van der Waals surface area contributed by atoms with Gasteiger partial charge in [0.15, 0.2) is 0 Å². The molecule has 4 nitrogen and oxygen atoms in total. The summed E-state index contributed by atoms with van der Waals surface area (Å²) in [5.41, 5.74) is 5.94. The Hall–Kier alpha value is -1.62. The van der Waals surface area contributed by atoms with Gasteiger partial charge in [-0.3, -0.25) is 0 Å². The molecule has 0 bridgehead atoms. The number of anilines is 1. The van der Waals surface area contributed by atoms with Crippen LogP contribution in [0.1, 0.15) is 10.4 Å². The van der Waals surface area contributed by atoms with Crippen molar-refractivity contribution in [3.05, 3.63) is 51.0 Å². The minimum absolute atomic E-state index is 0.0404. The maximum Gasteiger partial charge on any atom is 0.339 e. The van der Waals surface area contributed by atoms with Crippen LogP contribution in [0.25, 0.3) is 0 Å². The molecule has 0 aliphatic heterocycles. The van der Waals surface area contributed by atoms with Gasteiger partial charge in [-0.2, -0.15) is 0 Å².